The lowest BCUT2D eigenvalue weighted by Crippen LogP contribution is -2.36. The molecule has 0 aliphatic carbocycles. The molecule has 0 spiro atoms. The maximum Gasteiger partial charge on any atom is 0.238 e. The van der Waals surface area contributed by atoms with Gasteiger partial charge in [-0.2, -0.15) is 5.26 Å². The zero-order chi connectivity index (χ0) is 23.6. The Morgan fingerprint density at radius 1 is 1.12 bits per heavy atom. The average Bonchev–Trinajstić information content (AvgIpc) is 2.82. The van der Waals surface area contributed by atoms with Crippen molar-refractivity contribution in [3.05, 3.63) is 47.5 Å². The van der Waals surface area contributed by atoms with Crippen LogP contribution in [0.2, 0.25) is 0 Å². The molecule has 3 rings (SSSR count). The lowest BCUT2D eigenvalue weighted by Gasteiger charge is -2.31. The monoisotopic (exact) mass is 452 g/mol. The molecule has 2 aromatic rings. The van der Waals surface area contributed by atoms with Crippen LogP contribution in [0.3, 0.4) is 0 Å². The second-order valence-electron chi connectivity index (χ2n) is 7.81. The number of anilines is 2. The van der Waals surface area contributed by atoms with Crippen LogP contribution in [0.5, 0.6) is 11.5 Å². The van der Waals surface area contributed by atoms with Gasteiger partial charge in [0.15, 0.2) is 0 Å². The molecule has 0 radical (unpaired) electrons. The van der Waals surface area contributed by atoms with Gasteiger partial charge in [0.2, 0.25) is 5.91 Å². The summed E-state index contributed by atoms with van der Waals surface area (Å²) in [6.45, 7) is 8.55. The molecule has 0 saturated carbocycles. The quantitative estimate of drug-likeness (QED) is 0.592. The number of morpholine rings is 1. The topological polar surface area (TPSA) is 87.1 Å². The molecule has 1 aliphatic rings. The van der Waals surface area contributed by atoms with Crippen LogP contribution in [0.4, 0.5) is 11.4 Å². The Kier molecular flexibility index (Phi) is 8.93. The number of hydrogen-bond donors (Lipinski definition) is 1. The fourth-order valence-corrected chi connectivity index (χ4v) is 3.73. The fraction of sp³-hybridized carbons (Fsp3) is 0.440. The van der Waals surface area contributed by atoms with Crippen molar-refractivity contribution >= 4 is 17.3 Å². The third-order valence-corrected chi connectivity index (χ3v) is 5.24. The predicted octanol–water partition coefficient (Wildman–Crippen LogP) is 3.26. The van der Waals surface area contributed by atoms with Crippen molar-refractivity contribution in [3.8, 4) is 17.6 Å². The largest absolute Gasteiger partial charge is 0.492 e. The van der Waals surface area contributed by atoms with E-state index in [4.69, 9.17) is 19.5 Å². The summed E-state index contributed by atoms with van der Waals surface area (Å²) in [5.74, 6) is 1.18. The fourth-order valence-electron chi connectivity index (χ4n) is 3.73. The zero-order valence-corrected chi connectivity index (χ0v) is 19.6. The summed E-state index contributed by atoms with van der Waals surface area (Å²) >= 11 is 0. The van der Waals surface area contributed by atoms with E-state index < -0.39 is 0 Å². The van der Waals surface area contributed by atoms with Gasteiger partial charge in [0.25, 0.3) is 0 Å². The molecule has 8 nitrogen and oxygen atoms in total. The van der Waals surface area contributed by atoms with E-state index in [1.54, 1.807) is 12.1 Å². The Morgan fingerprint density at radius 3 is 2.42 bits per heavy atom. The highest BCUT2D eigenvalue weighted by Crippen LogP contribution is 2.39. The van der Waals surface area contributed by atoms with Crippen LogP contribution in [-0.4, -0.2) is 63.9 Å². The highest BCUT2D eigenvalue weighted by molar-refractivity contribution is 5.94. The summed E-state index contributed by atoms with van der Waals surface area (Å²) in [4.78, 5) is 16.9. The number of likely N-dealkylation sites (N-methyl/N-ethyl adjacent to an activating group) is 1. The summed E-state index contributed by atoms with van der Waals surface area (Å²) in [6.07, 6.45) is 0. The van der Waals surface area contributed by atoms with E-state index in [1.165, 1.54) is 0 Å². The van der Waals surface area contributed by atoms with Gasteiger partial charge in [-0.25, -0.2) is 0 Å². The molecule has 0 bridgehead atoms. The number of amides is 1. The first kappa shape index (κ1) is 24.4. The third kappa shape index (κ3) is 6.85. The van der Waals surface area contributed by atoms with Crippen molar-refractivity contribution < 1.29 is 19.0 Å². The lowest BCUT2D eigenvalue weighted by atomic mass is 10.1. The highest BCUT2D eigenvalue weighted by atomic mass is 16.5. The lowest BCUT2D eigenvalue weighted by molar-refractivity contribution is -0.117. The third-order valence-electron chi connectivity index (χ3n) is 5.24. The smallest absolute Gasteiger partial charge is 0.238 e. The Balaban J connectivity index is 1.72. The average molecular weight is 453 g/mol. The number of nitrogens with one attached hydrogen (secondary N) is 1. The van der Waals surface area contributed by atoms with E-state index in [0.29, 0.717) is 55.7 Å². The number of hydrogen-bond acceptors (Lipinski definition) is 7. The van der Waals surface area contributed by atoms with Gasteiger partial charge in [-0.05, 0) is 38.6 Å². The van der Waals surface area contributed by atoms with E-state index in [-0.39, 0.29) is 12.5 Å². The SMILES string of the molecule is CCOc1cc(N2CCOCC2)c(OCC)cc1NC(=O)CN(C)Cc1ccc(C#N)cc1. The van der Waals surface area contributed by atoms with E-state index in [1.807, 2.05) is 50.1 Å². The summed E-state index contributed by atoms with van der Waals surface area (Å²) in [5.41, 5.74) is 3.19. The number of carbonyl (C=O) groups excluding carboxylic acids is 1. The predicted molar refractivity (Wildman–Crippen MR) is 128 cm³/mol. The molecule has 1 saturated heterocycles. The van der Waals surface area contributed by atoms with Gasteiger partial charge in [-0.3, -0.25) is 9.69 Å². The molecular formula is C25H32N4O4. The molecule has 1 aliphatic heterocycles. The first-order chi connectivity index (χ1) is 16.0. The highest BCUT2D eigenvalue weighted by Gasteiger charge is 2.20. The molecule has 1 heterocycles. The number of ether oxygens (including phenoxy) is 3. The molecule has 33 heavy (non-hydrogen) atoms. The van der Waals surface area contributed by atoms with Gasteiger partial charge in [-0.15, -0.1) is 0 Å². The minimum Gasteiger partial charge on any atom is -0.492 e. The van der Waals surface area contributed by atoms with Crippen molar-refractivity contribution in [2.24, 2.45) is 0 Å². The molecule has 0 aromatic heterocycles. The Morgan fingerprint density at radius 2 is 1.79 bits per heavy atom. The van der Waals surface area contributed by atoms with Gasteiger partial charge < -0.3 is 24.4 Å². The molecule has 2 aromatic carbocycles. The van der Waals surface area contributed by atoms with Crippen LogP contribution in [0.25, 0.3) is 0 Å². The number of rotatable bonds is 10. The van der Waals surface area contributed by atoms with Gasteiger partial charge in [0, 0.05) is 31.8 Å². The maximum absolute atomic E-state index is 12.8. The minimum absolute atomic E-state index is 0.145. The van der Waals surface area contributed by atoms with Crippen molar-refractivity contribution in [2.75, 3.05) is 63.3 Å². The van der Waals surface area contributed by atoms with Crippen molar-refractivity contribution in [1.82, 2.24) is 4.90 Å². The van der Waals surface area contributed by atoms with Crippen LogP contribution < -0.4 is 19.7 Å². The Bertz CT molecular complexity index is 966. The van der Waals surface area contributed by atoms with E-state index in [2.05, 4.69) is 16.3 Å². The van der Waals surface area contributed by atoms with Gasteiger partial charge in [-0.1, -0.05) is 12.1 Å². The molecule has 1 amide bonds. The summed E-state index contributed by atoms with van der Waals surface area (Å²) in [5, 5.41) is 11.9. The van der Waals surface area contributed by atoms with E-state index in [9.17, 15) is 4.79 Å². The van der Waals surface area contributed by atoms with Crippen molar-refractivity contribution in [2.45, 2.75) is 20.4 Å². The molecule has 176 valence electrons. The van der Waals surface area contributed by atoms with Gasteiger partial charge >= 0.3 is 0 Å². The van der Waals surface area contributed by atoms with Crippen LogP contribution in [0.15, 0.2) is 36.4 Å². The van der Waals surface area contributed by atoms with Crippen molar-refractivity contribution in [3.63, 3.8) is 0 Å². The maximum atomic E-state index is 12.8. The molecule has 8 heteroatoms. The standard InChI is InChI=1S/C25H32N4O4/c1-4-32-23-15-22(29-10-12-31-13-11-29)24(33-5-2)14-21(23)27-25(30)18-28(3)17-20-8-6-19(16-26)7-9-20/h6-9,14-15H,4-5,10-13,17-18H2,1-3H3,(H,27,30). The Hall–Kier alpha value is -3.28. The van der Waals surface area contributed by atoms with Gasteiger partial charge in [0.1, 0.15) is 11.5 Å². The first-order valence-electron chi connectivity index (χ1n) is 11.3. The summed E-state index contributed by atoms with van der Waals surface area (Å²) < 4.78 is 17.2. The molecule has 0 atom stereocenters. The molecule has 0 unspecified atom stereocenters. The second-order valence-corrected chi connectivity index (χ2v) is 7.81. The zero-order valence-electron chi connectivity index (χ0n) is 19.6. The number of nitriles is 1. The van der Waals surface area contributed by atoms with Crippen molar-refractivity contribution in [1.29, 1.82) is 5.26 Å². The molecular weight excluding hydrogens is 420 g/mol. The van der Waals surface area contributed by atoms with E-state index in [0.717, 1.165) is 24.3 Å². The van der Waals surface area contributed by atoms with Gasteiger partial charge in [0.05, 0.1) is 56.0 Å². The van der Waals surface area contributed by atoms with Crippen LogP contribution in [0.1, 0.15) is 25.0 Å². The number of benzene rings is 2. The Labute approximate surface area is 195 Å². The number of carbonyl (C=O) groups is 1. The van der Waals surface area contributed by atoms with Crippen LogP contribution in [-0.2, 0) is 16.1 Å². The summed E-state index contributed by atoms with van der Waals surface area (Å²) in [7, 11) is 1.88. The number of nitrogens with zero attached hydrogens (tertiary/aromatic N) is 3. The summed E-state index contributed by atoms with van der Waals surface area (Å²) in [6, 6.07) is 13.3. The second kappa shape index (κ2) is 12.1. The molecule has 1 fully saturated rings. The van der Waals surface area contributed by atoms with E-state index >= 15 is 0 Å². The molecule has 1 N–H and O–H groups in total. The minimum atomic E-state index is -0.145. The normalized spacial score (nSPS) is 13.5. The van der Waals surface area contributed by atoms with Crippen LogP contribution >= 0.6 is 0 Å². The van der Waals surface area contributed by atoms with Crippen LogP contribution in [0, 0.1) is 11.3 Å². The first-order valence-corrected chi connectivity index (χ1v) is 11.3.